The first-order valence-electron chi connectivity index (χ1n) is 6.47. The number of ether oxygens (including phenoxy) is 1. The minimum atomic E-state index is -4.11. The van der Waals surface area contributed by atoms with Gasteiger partial charge >= 0.3 is 0 Å². The van der Waals surface area contributed by atoms with Gasteiger partial charge < -0.3 is 4.74 Å². The molecule has 1 heterocycles. The fourth-order valence-corrected chi connectivity index (χ4v) is 4.13. The summed E-state index contributed by atoms with van der Waals surface area (Å²) in [6.45, 7) is 0.388. The van der Waals surface area contributed by atoms with E-state index in [2.05, 4.69) is 0 Å². The summed E-state index contributed by atoms with van der Waals surface area (Å²) in [5, 5.41) is 0. The highest BCUT2D eigenvalue weighted by Gasteiger charge is 2.33. The second-order valence-corrected chi connectivity index (χ2v) is 7.06. The predicted octanol–water partition coefficient (Wildman–Crippen LogP) is 2.50. The molecule has 1 unspecified atom stereocenters. The van der Waals surface area contributed by atoms with Crippen LogP contribution in [0.25, 0.3) is 0 Å². The van der Waals surface area contributed by atoms with E-state index >= 15 is 0 Å². The maximum absolute atomic E-state index is 13.9. The number of rotatable bonds is 4. The molecule has 1 aromatic rings. The van der Waals surface area contributed by atoms with Crippen molar-refractivity contribution in [2.75, 3.05) is 20.2 Å². The smallest absolute Gasteiger partial charge is 0.246 e. The van der Waals surface area contributed by atoms with Crippen molar-refractivity contribution in [3.63, 3.8) is 0 Å². The second-order valence-electron chi connectivity index (χ2n) is 4.89. The highest BCUT2D eigenvalue weighted by molar-refractivity contribution is 7.89. The van der Waals surface area contributed by atoms with Crippen LogP contribution in [0.5, 0.6) is 0 Å². The first-order chi connectivity index (χ1) is 9.90. The number of hydrogen-bond donors (Lipinski definition) is 0. The molecule has 0 N–H and O–H groups in total. The average molecular weight is 340 g/mol. The zero-order valence-corrected chi connectivity index (χ0v) is 13.1. The Morgan fingerprint density at radius 2 is 2.14 bits per heavy atom. The summed E-state index contributed by atoms with van der Waals surface area (Å²) in [4.78, 5) is -0.671. The Morgan fingerprint density at radius 1 is 1.43 bits per heavy atom. The molecule has 8 heteroatoms. The first kappa shape index (κ1) is 16.6. The summed E-state index contributed by atoms with van der Waals surface area (Å²) in [6.07, 6.45) is 1.11. The lowest BCUT2D eigenvalue weighted by Gasteiger charge is -2.31. The third-order valence-corrected chi connectivity index (χ3v) is 5.67. The number of piperidine rings is 1. The summed E-state index contributed by atoms with van der Waals surface area (Å²) >= 11 is 5.59. The van der Waals surface area contributed by atoms with E-state index in [1.165, 1.54) is 7.11 Å². The Labute approximate surface area is 127 Å². The Morgan fingerprint density at radius 3 is 2.76 bits per heavy atom. The van der Waals surface area contributed by atoms with Crippen LogP contribution in [-0.4, -0.2) is 39.0 Å². The largest absolute Gasteiger partial charge is 0.380 e. The molecule has 0 spiro atoms. The monoisotopic (exact) mass is 339 g/mol. The van der Waals surface area contributed by atoms with Crippen LogP contribution < -0.4 is 0 Å². The van der Waals surface area contributed by atoms with Crippen molar-refractivity contribution < 1.29 is 21.9 Å². The molecule has 0 aromatic heterocycles. The fraction of sp³-hybridized carbons (Fsp3) is 0.538. The van der Waals surface area contributed by atoms with Gasteiger partial charge in [-0.05, 0) is 30.5 Å². The van der Waals surface area contributed by atoms with Crippen molar-refractivity contribution in [2.45, 2.75) is 29.7 Å². The van der Waals surface area contributed by atoms with Gasteiger partial charge in [0.1, 0.15) is 4.90 Å². The van der Waals surface area contributed by atoms with E-state index in [4.69, 9.17) is 16.3 Å². The van der Waals surface area contributed by atoms with Gasteiger partial charge in [0.05, 0.1) is 6.10 Å². The van der Waals surface area contributed by atoms with Crippen LogP contribution in [0, 0.1) is 11.6 Å². The van der Waals surface area contributed by atoms with Gasteiger partial charge in [-0.2, -0.15) is 4.31 Å². The fourth-order valence-electron chi connectivity index (χ4n) is 2.34. The molecule has 2 rings (SSSR count). The van der Waals surface area contributed by atoms with Crippen molar-refractivity contribution in [1.82, 2.24) is 4.31 Å². The molecule has 1 aliphatic heterocycles. The van der Waals surface area contributed by atoms with E-state index in [-0.39, 0.29) is 30.6 Å². The Balaban J connectivity index is 2.41. The quantitative estimate of drug-likeness (QED) is 0.792. The molecule has 21 heavy (non-hydrogen) atoms. The number of alkyl halides is 1. The molecular weight excluding hydrogens is 324 g/mol. The Hall–Kier alpha value is -0.760. The lowest BCUT2D eigenvalue weighted by molar-refractivity contribution is 0.0571. The highest BCUT2D eigenvalue weighted by atomic mass is 35.5. The Kier molecular flexibility index (Phi) is 5.19. The molecule has 0 amide bonds. The number of halogens is 3. The van der Waals surface area contributed by atoms with E-state index in [1.807, 2.05) is 0 Å². The third kappa shape index (κ3) is 3.36. The van der Waals surface area contributed by atoms with Gasteiger partial charge in [0, 0.05) is 26.1 Å². The van der Waals surface area contributed by atoms with Crippen LogP contribution in [0.2, 0.25) is 0 Å². The molecule has 1 aliphatic rings. The molecule has 0 saturated carbocycles. The zero-order chi connectivity index (χ0) is 15.6. The molecule has 1 saturated heterocycles. The van der Waals surface area contributed by atoms with Gasteiger partial charge in [0.25, 0.3) is 0 Å². The molecule has 1 atom stereocenters. The zero-order valence-electron chi connectivity index (χ0n) is 11.5. The van der Waals surface area contributed by atoms with E-state index in [0.717, 1.165) is 22.9 Å². The van der Waals surface area contributed by atoms with Crippen molar-refractivity contribution in [3.8, 4) is 0 Å². The molecule has 1 fully saturated rings. The molecule has 1 aromatic carbocycles. The maximum Gasteiger partial charge on any atom is 0.246 e. The highest BCUT2D eigenvalue weighted by Crippen LogP contribution is 2.26. The van der Waals surface area contributed by atoms with Crippen LogP contribution in [-0.2, 0) is 20.6 Å². The number of nitrogens with zero attached hydrogens (tertiary/aromatic N) is 1. The summed E-state index contributed by atoms with van der Waals surface area (Å²) < 4.78 is 58.7. The molecule has 0 bridgehead atoms. The standard InChI is InChI=1S/C13H16ClF2NO3S/c1-20-10-3-2-4-17(8-10)21(18,19)12-6-9(7-14)5-11(15)13(12)16/h5-6,10H,2-4,7-8H2,1H3. The number of hydrogen-bond acceptors (Lipinski definition) is 3. The predicted molar refractivity (Wildman–Crippen MR) is 74.7 cm³/mol. The van der Waals surface area contributed by atoms with E-state index < -0.39 is 26.6 Å². The van der Waals surface area contributed by atoms with Gasteiger partial charge in [0.15, 0.2) is 11.6 Å². The first-order valence-corrected chi connectivity index (χ1v) is 8.44. The SMILES string of the molecule is COC1CCCN(S(=O)(=O)c2cc(CCl)cc(F)c2F)C1. The topological polar surface area (TPSA) is 46.6 Å². The van der Waals surface area contributed by atoms with E-state index in [0.29, 0.717) is 6.42 Å². The van der Waals surface area contributed by atoms with Gasteiger partial charge in [-0.25, -0.2) is 17.2 Å². The average Bonchev–Trinajstić information content (AvgIpc) is 2.49. The normalized spacial score (nSPS) is 20.7. The van der Waals surface area contributed by atoms with Crippen molar-refractivity contribution in [2.24, 2.45) is 0 Å². The summed E-state index contributed by atoms with van der Waals surface area (Å²) in [5.74, 6) is -2.68. The van der Waals surface area contributed by atoms with Gasteiger partial charge in [-0.15, -0.1) is 11.6 Å². The number of sulfonamides is 1. The van der Waals surface area contributed by atoms with Gasteiger partial charge in [0.2, 0.25) is 10.0 Å². The van der Waals surface area contributed by atoms with Crippen LogP contribution in [0.15, 0.2) is 17.0 Å². The van der Waals surface area contributed by atoms with Crippen LogP contribution in [0.3, 0.4) is 0 Å². The van der Waals surface area contributed by atoms with E-state index in [9.17, 15) is 17.2 Å². The molecule has 118 valence electrons. The van der Waals surface area contributed by atoms with Crippen molar-refractivity contribution >= 4 is 21.6 Å². The number of benzene rings is 1. The van der Waals surface area contributed by atoms with Crippen molar-refractivity contribution in [1.29, 1.82) is 0 Å². The minimum Gasteiger partial charge on any atom is -0.380 e. The summed E-state index contributed by atoms with van der Waals surface area (Å²) in [7, 11) is -2.62. The van der Waals surface area contributed by atoms with Crippen molar-refractivity contribution in [3.05, 3.63) is 29.3 Å². The molecule has 4 nitrogen and oxygen atoms in total. The van der Waals surface area contributed by atoms with Gasteiger partial charge in [-0.3, -0.25) is 0 Å². The lowest BCUT2D eigenvalue weighted by atomic mass is 10.1. The van der Waals surface area contributed by atoms with Crippen LogP contribution in [0.1, 0.15) is 18.4 Å². The minimum absolute atomic E-state index is 0.0968. The third-order valence-electron chi connectivity index (χ3n) is 3.50. The number of methoxy groups -OCH3 is 1. The van der Waals surface area contributed by atoms with Crippen LogP contribution in [0.4, 0.5) is 8.78 Å². The summed E-state index contributed by atoms with van der Waals surface area (Å²) in [6, 6.07) is 1.98. The summed E-state index contributed by atoms with van der Waals surface area (Å²) in [5.41, 5.74) is 0.217. The maximum atomic E-state index is 13.9. The van der Waals surface area contributed by atoms with E-state index in [1.54, 1.807) is 0 Å². The second kappa shape index (κ2) is 6.56. The van der Waals surface area contributed by atoms with Gasteiger partial charge in [-0.1, -0.05) is 0 Å². The molecule has 0 radical (unpaired) electrons. The molecule has 0 aliphatic carbocycles. The Bertz CT molecular complexity index is 624. The lowest BCUT2D eigenvalue weighted by Crippen LogP contribution is -2.43. The van der Waals surface area contributed by atoms with Crippen LogP contribution >= 0.6 is 11.6 Å². The molecular formula is C13H16ClF2NO3S.